The minimum Gasteiger partial charge on any atom is -0.305 e. The van der Waals surface area contributed by atoms with Crippen LogP contribution >= 0.6 is 39.1 Å². The highest BCUT2D eigenvalue weighted by molar-refractivity contribution is 9.10. The molecule has 2 atom stereocenters. The minimum atomic E-state index is -2.07. The van der Waals surface area contributed by atoms with E-state index in [2.05, 4.69) is 15.9 Å². The number of halogens is 3. The number of rotatable bonds is 2. The number of hydrogen-bond donors (Lipinski definition) is 2. The van der Waals surface area contributed by atoms with Crippen molar-refractivity contribution in [3.05, 3.63) is 28.2 Å². The number of alkyl halides is 1. The maximum Gasteiger partial charge on any atom is 0.188 e. The maximum absolute atomic E-state index is 10.5. The summed E-state index contributed by atoms with van der Waals surface area (Å²) < 4.78 is 36.6. The van der Waals surface area contributed by atoms with E-state index in [1.165, 1.54) is 6.07 Å². The van der Waals surface area contributed by atoms with E-state index in [4.69, 9.17) is 32.3 Å². The Kier molecular flexibility index (Phi) is 8.84. The van der Waals surface area contributed by atoms with Gasteiger partial charge in [-0.25, -0.2) is 8.42 Å². The summed E-state index contributed by atoms with van der Waals surface area (Å²) in [4.78, 5) is 0.138. The minimum absolute atomic E-state index is 0.134. The van der Waals surface area contributed by atoms with Crippen molar-refractivity contribution >= 4 is 61.3 Å². The first-order valence-corrected chi connectivity index (χ1v) is 7.84. The van der Waals surface area contributed by atoms with Gasteiger partial charge in [0.05, 0.1) is 14.9 Å². The molecule has 16 heavy (non-hydrogen) atoms. The van der Waals surface area contributed by atoms with Crippen LogP contribution in [0.4, 0.5) is 0 Å². The van der Waals surface area contributed by atoms with Crippen LogP contribution in [0.1, 0.15) is 0 Å². The van der Waals surface area contributed by atoms with Crippen LogP contribution < -0.4 is 0 Å². The highest BCUT2D eigenvalue weighted by Gasteiger charge is 2.07. The van der Waals surface area contributed by atoms with E-state index in [9.17, 15) is 8.42 Å². The standard InChI is InChI=1S/C6H4Cl2O2S.CH3BrO2S/c7-4-2-1-3-5(6(4)8)11(9)10;2-1-5(3)4/h1-3H,(H,9,10);1H2,(H,3,4). The van der Waals surface area contributed by atoms with Gasteiger partial charge in [-0.3, -0.25) is 0 Å². The zero-order chi connectivity index (χ0) is 12.7. The van der Waals surface area contributed by atoms with Crippen LogP contribution in [-0.4, -0.2) is 22.2 Å². The third-order valence-corrected chi connectivity index (χ3v) is 4.21. The van der Waals surface area contributed by atoms with Gasteiger partial charge in [-0.1, -0.05) is 45.2 Å². The first-order chi connectivity index (χ1) is 7.40. The molecule has 2 N–H and O–H groups in total. The quantitative estimate of drug-likeness (QED) is 0.620. The van der Waals surface area contributed by atoms with E-state index in [1.807, 2.05) is 0 Å². The highest BCUT2D eigenvalue weighted by atomic mass is 79.9. The van der Waals surface area contributed by atoms with Crippen LogP contribution in [0, 0.1) is 0 Å². The van der Waals surface area contributed by atoms with Crippen LogP contribution in [0.15, 0.2) is 23.1 Å². The van der Waals surface area contributed by atoms with Crippen LogP contribution in [0.2, 0.25) is 10.0 Å². The van der Waals surface area contributed by atoms with Gasteiger partial charge in [0.15, 0.2) is 22.2 Å². The maximum atomic E-state index is 10.5. The van der Waals surface area contributed by atoms with E-state index < -0.39 is 22.2 Å². The monoisotopic (exact) mass is 368 g/mol. The average Bonchev–Trinajstić information content (AvgIpc) is 2.22. The summed E-state index contributed by atoms with van der Waals surface area (Å²) in [5.74, 6) is 0. The zero-order valence-corrected chi connectivity index (χ0v) is 12.3. The Balaban J connectivity index is 0.000000385. The fourth-order valence-corrected chi connectivity index (χ4v) is 1.63. The molecule has 92 valence electrons. The van der Waals surface area contributed by atoms with Gasteiger partial charge in [-0.15, -0.1) is 0 Å². The molecule has 0 aromatic heterocycles. The molecule has 9 heteroatoms. The molecule has 1 aromatic carbocycles. The van der Waals surface area contributed by atoms with E-state index in [0.717, 1.165) is 0 Å². The van der Waals surface area contributed by atoms with Crippen molar-refractivity contribution in [2.45, 2.75) is 4.90 Å². The summed E-state index contributed by atoms with van der Waals surface area (Å²) in [5.41, 5.74) is 0. The topological polar surface area (TPSA) is 74.6 Å². The Labute approximate surface area is 116 Å². The molecular formula is C7H7BrCl2O4S2. The summed E-state index contributed by atoms with van der Waals surface area (Å²) in [6.45, 7) is 0. The molecule has 0 saturated carbocycles. The van der Waals surface area contributed by atoms with Crippen LogP contribution in [0.5, 0.6) is 0 Å². The van der Waals surface area contributed by atoms with Gasteiger partial charge in [-0.2, -0.15) is 0 Å². The van der Waals surface area contributed by atoms with Crippen molar-refractivity contribution < 1.29 is 17.5 Å². The second-order valence-electron chi connectivity index (χ2n) is 2.23. The molecule has 0 spiro atoms. The fraction of sp³-hybridized carbons (Fsp3) is 0.143. The van der Waals surface area contributed by atoms with Crippen molar-refractivity contribution in [3.63, 3.8) is 0 Å². The molecule has 0 bridgehead atoms. The van der Waals surface area contributed by atoms with Gasteiger partial charge in [0.2, 0.25) is 0 Å². The molecule has 1 rings (SSSR count). The Morgan fingerprint density at radius 2 is 1.75 bits per heavy atom. The van der Waals surface area contributed by atoms with E-state index in [1.54, 1.807) is 12.1 Å². The van der Waals surface area contributed by atoms with Crippen LogP contribution in [0.25, 0.3) is 0 Å². The first-order valence-electron chi connectivity index (χ1n) is 3.58. The lowest BCUT2D eigenvalue weighted by Crippen LogP contribution is -1.88. The van der Waals surface area contributed by atoms with Crippen molar-refractivity contribution in [1.82, 2.24) is 0 Å². The molecule has 0 aliphatic heterocycles. The van der Waals surface area contributed by atoms with Gasteiger partial charge >= 0.3 is 0 Å². The van der Waals surface area contributed by atoms with E-state index in [-0.39, 0.29) is 19.6 Å². The fourth-order valence-electron chi connectivity index (χ4n) is 0.619. The van der Waals surface area contributed by atoms with Crippen molar-refractivity contribution in [2.75, 3.05) is 4.66 Å². The van der Waals surface area contributed by atoms with Crippen molar-refractivity contribution in [3.8, 4) is 0 Å². The summed E-state index contributed by atoms with van der Waals surface area (Å²) in [6.07, 6.45) is 0. The number of hydrogen-bond acceptors (Lipinski definition) is 2. The van der Waals surface area contributed by atoms with Gasteiger partial charge < -0.3 is 9.11 Å². The molecule has 1 aromatic rings. The molecule has 0 fully saturated rings. The molecule has 0 saturated heterocycles. The third kappa shape index (κ3) is 6.29. The van der Waals surface area contributed by atoms with Crippen molar-refractivity contribution in [2.24, 2.45) is 0 Å². The molecule has 0 radical (unpaired) electrons. The Morgan fingerprint density at radius 1 is 1.25 bits per heavy atom. The lowest BCUT2D eigenvalue weighted by molar-refractivity contribution is 0.564. The Bertz CT molecular complexity index is 402. The van der Waals surface area contributed by atoms with Crippen LogP contribution in [-0.2, 0) is 22.2 Å². The first kappa shape index (κ1) is 16.5. The Morgan fingerprint density at radius 3 is 2.06 bits per heavy atom. The summed E-state index contributed by atoms with van der Waals surface area (Å²) in [5, 5.41) is 0.418. The molecular weight excluding hydrogens is 363 g/mol. The lowest BCUT2D eigenvalue weighted by Gasteiger charge is -1.98. The van der Waals surface area contributed by atoms with Gasteiger partial charge in [0.1, 0.15) is 4.66 Å². The summed E-state index contributed by atoms with van der Waals surface area (Å²) in [7, 11) is 0. The number of benzene rings is 1. The molecule has 4 nitrogen and oxygen atoms in total. The summed E-state index contributed by atoms with van der Waals surface area (Å²) >= 11 is 10.2. The predicted molar refractivity (Wildman–Crippen MR) is 70.1 cm³/mol. The normalized spacial score (nSPS) is 13.6. The largest absolute Gasteiger partial charge is 0.305 e. The van der Waals surface area contributed by atoms with E-state index >= 15 is 0 Å². The molecule has 0 heterocycles. The smallest absolute Gasteiger partial charge is 0.188 e. The summed E-state index contributed by atoms with van der Waals surface area (Å²) in [6, 6.07) is 4.57. The second-order valence-corrected chi connectivity index (χ2v) is 6.19. The molecule has 0 aliphatic carbocycles. The van der Waals surface area contributed by atoms with Crippen LogP contribution in [0.3, 0.4) is 0 Å². The van der Waals surface area contributed by atoms with Gasteiger partial charge in [-0.05, 0) is 12.1 Å². The molecule has 2 unspecified atom stereocenters. The second kappa shape index (κ2) is 8.57. The average molecular weight is 370 g/mol. The zero-order valence-electron chi connectivity index (χ0n) is 7.60. The Hall–Kier alpha value is 0.500. The van der Waals surface area contributed by atoms with Crippen molar-refractivity contribution in [1.29, 1.82) is 0 Å². The highest BCUT2D eigenvalue weighted by Crippen LogP contribution is 2.26. The molecule has 0 amide bonds. The van der Waals surface area contributed by atoms with Gasteiger partial charge in [0, 0.05) is 0 Å². The lowest BCUT2D eigenvalue weighted by atomic mass is 10.4. The third-order valence-electron chi connectivity index (χ3n) is 1.20. The van der Waals surface area contributed by atoms with E-state index in [0.29, 0.717) is 0 Å². The predicted octanol–water partition coefficient (Wildman–Crippen LogP) is 3.13. The SMILES string of the molecule is O=S(O)CBr.O=S(O)c1cccc(Cl)c1Cl. The molecule has 0 aliphatic rings. The van der Waals surface area contributed by atoms with Gasteiger partial charge in [0.25, 0.3) is 0 Å².